The molecule has 2 N–H and O–H groups in total. The summed E-state index contributed by atoms with van der Waals surface area (Å²) in [6.45, 7) is 0. The first-order valence-corrected chi connectivity index (χ1v) is 9.24. The van der Waals surface area contributed by atoms with Crippen LogP contribution in [0.5, 0.6) is 0 Å². The molecule has 122 valence electrons. The maximum Gasteiger partial charge on any atom is 0.265 e. The minimum absolute atomic E-state index is 0.0150. The maximum absolute atomic E-state index is 12.0. The van der Waals surface area contributed by atoms with Crippen molar-refractivity contribution in [1.82, 2.24) is 0 Å². The van der Waals surface area contributed by atoms with E-state index in [1.54, 1.807) is 41.7 Å². The number of aryl methyl sites for hydroxylation is 1. The zero-order valence-corrected chi connectivity index (χ0v) is 14.5. The zero-order valence-electron chi connectivity index (χ0n) is 12.8. The van der Waals surface area contributed by atoms with Crippen molar-refractivity contribution in [3.8, 4) is 0 Å². The molecule has 6 heteroatoms. The number of thiophene rings is 2. The van der Waals surface area contributed by atoms with Gasteiger partial charge in [0.15, 0.2) is 0 Å². The minimum Gasteiger partial charge on any atom is -0.326 e. The van der Waals surface area contributed by atoms with E-state index < -0.39 is 0 Å². The first-order valence-electron chi connectivity index (χ1n) is 7.48. The molecule has 2 aromatic heterocycles. The van der Waals surface area contributed by atoms with E-state index in [0.717, 1.165) is 12.1 Å². The topological polar surface area (TPSA) is 58.2 Å². The summed E-state index contributed by atoms with van der Waals surface area (Å²) in [5.41, 5.74) is 1.42. The van der Waals surface area contributed by atoms with Crippen molar-refractivity contribution < 1.29 is 9.59 Å². The Balaban J connectivity index is 1.50. The third-order valence-electron chi connectivity index (χ3n) is 3.35. The fourth-order valence-electron chi connectivity index (χ4n) is 2.15. The lowest BCUT2D eigenvalue weighted by molar-refractivity contribution is -0.116. The smallest absolute Gasteiger partial charge is 0.265 e. The maximum atomic E-state index is 12.0. The van der Waals surface area contributed by atoms with E-state index in [1.807, 2.05) is 29.0 Å². The van der Waals surface area contributed by atoms with Crippen molar-refractivity contribution in [2.45, 2.75) is 12.8 Å². The first-order chi connectivity index (χ1) is 11.7. The fourth-order valence-corrected chi connectivity index (χ4v) is 3.48. The highest BCUT2D eigenvalue weighted by atomic mass is 32.1. The number of anilines is 2. The lowest BCUT2D eigenvalue weighted by Gasteiger charge is -2.07. The second-order valence-corrected chi connectivity index (χ2v) is 7.12. The normalized spacial score (nSPS) is 10.3. The Morgan fingerprint density at radius 1 is 0.833 bits per heavy atom. The molecule has 1 aromatic carbocycles. The molecule has 2 heterocycles. The van der Waals surface area contributed by atoms with Crippen molar-refractivity contribution in [3.63, 3.8) is 0 Å². The Labute approximate surface area is 148 Å². The van der Waals surface area contributed by atoms with Gasteiger partial charge in [-0.1, -0.05) is 12.1 Å². The van der Waals surface area contributed by atoms with Crippen molar-refractivity contribution in [2.24, 2.45) is 0 Å². The Bertz CT molecular complexity index is 794. The third kappa shape index (κ3) is 4.53. The van der Waals surface area contributed by atoms with Gasteiger partial charge in [-0.05, 0) is 53.6 Å². The van der Waals surface area contributed by atoms with Crippen LogP contribution in [0.4, 0.5) is 11.4 Å². The molecule has 0 bridgehead atoms. The second kappa shape index (κ2) is 7.90. The number of carbonyl (C=O) groups excluding carboxylic acids is 2. The molecule has 0 aliphatic heterocycles. The molecule has 0 saturated heterocycles. The number of hydrogen-bond donors (Lipinski definition) is 2. The Morgan fingerprint density at radius 3 is 2.12 bits per heavy atom. The van der Waals surface area contributed by atoms with Crippen LogP contribution in [0.15, 0.2) is 59.3 Å². The predicted octanol–water partition coefficient (Wildman–Crippen LogP) is 4.63. The highest BCUT2D eigenvalue weighted by molar-refractivity contribution is 7.12. The molecule has 4 nitrogen and oxygen atoms in total. The number of nitrogens with one attached hydrogen (secondary N) is 2. The van der Waals surface area contributed by atoms with Gasteiger partial charge in [0.2, 0.25) is 5.91 Å². The lowest BCUT2D eigenvalue weighted by atomic mass is 10.2. The van der Waals surface area contributed by atoms with Crippen molar-refractivity contribution in [2.75, 3.05) is 10.6 Å². The van der Waals surface area contributed by atoms with Gasteiger partial charge in [-0.3, -0.25) is 9.59 Å². The predicted molar refractivity (Wildman–Crippen MR) is 100.0 cm³/mol. The van der Waals surface area contributed by atoms with Crippen LogP contribution in [-0.4, -0.2) is 11.8 Å². The first kappa shape index (κ1) is 16.4. The average Bonchev–Trinajstić information content (AvgIpc) is 3.28. The van der Waals surface area contributed by atoms with Crippen LogP contribution < -0.4 is 10.6 Å². The molecule has 24 heavy (non-hydrogen) atoms. The van der Waals surface area contributed by atoms with Crippen LogP contribution in [0.3, 0.4) is 0 Å². The molecule has 0 fully saturated rings. The summed E-state index contributed by atoms with van der Waals surface area (Å²) in [5.74, 6) is -0.142. The number of hydrogen-bond acceptors (Lipinski definition) is 4. The largest absolute Gasteiger partial charge is 0.326 e. The second-order valence-electron chi connectivity index (χ2n) is 5.14. The van der Waals surface area contributed by atoms with Crippen molar-refractivity contribution >= 4 is 45.9 Å². The van der Waals surface area contributed by atoms with Gasteiger partial charge in [0.25, 0.3) is 5.91 Å². The van der Waals surface area contributed by atoms with Gasteiger partial charge < -0.3 is 10.6 Å². The van der Waals surface area contributed by atoms with Gasteiger partial charge in [-0.2, -0.15) is 0 Å². The highest BCUT2D eigenvalue weighted by Crippen LogP contribution is 2.17. The van der Waals surface area contributed by atoms with E-state index in [-0.39, 0.29) is 11.8 Å². The summed E-state index contributed by atoms with van der Waals surface area (Å²) < 4.78 is 0. The zero-order chi connectivity index (χ0) is 16.8. The van der Waals surface area contributed by atoms with E-state index in [4.69, 9.17) is 0 Å². The van der Waals surface area contributed by atoms with E-state index >= 15 is 0 Å². The highest BCUT2D eigenvalue weighted by Gasteiger charge is 2.07. The molecule has 0 saturated carbocycles. The van der Waals surface area contributed by atoms with Crippen molar-refractivity contribution in [1.29, 1.82) is 0 Å². The van der Waals surface area contributed by atoms with Crippen LogP contribution in [-0.2, 0) is 11.2 Å². The lowest BCUT2D eigenvalue weighted by Crippen LogP contribution is -2.12. The monoisotopic (exact) mass is 356 g/mol. The molecule has 2 amide bonds. The molecular formula is C18H16N2O2S2. The Hall–Kier alpha value is -2.44. The third-order valence-corrected chi connectivity index (χ3v) is 5.15. The van der Waals surface area contributed by atoms with Crippen LogP contribution in [0.2, 0.25) is 0 Å². The molecule has 0 radical (unpaired) electrons. The quantitative estimate of drug-likeness (QED) is 0.676. The van der Waals surface area contributed by atoms with Crippen LogP contribution in [0, 0.1) is 0 Å². The van der Waals surface area contributed by atoms with Gasteiger partial charge in [0.1, 0.15) is 0 Å². The number of rotatable bonds is 6. The Kier molecular flexibility index (Phi) is 5.40. The molecule has 0 spiro atoms. The van der Waals surface area contributed by atoms with E-state index in [9.17, 15) is 9.59 Å². The van der Waals surface area contributed by atoms with Crippen molar-refractivity contribution in [3.05, 3.63) is 69.0 Å². The summed E-state index contributed by atoms with van der Waals surface area (Å²) in [6, 6.07) is 14.8. The van der Waals surface area contributed by atoms with Gasteiger partial charge in [-0.25, -0.2) is 0 Å². The van der Waals surface area contributed by atoms with E-state index in [0.29, 0.717) is 17.0 Å². The summed E-state index contributed by atoms with van der Waals surface area (Å²) in [5, 5.41) is 9.57. The van der Waals surface area contributed by atoms with E-state index in [1.165, 1.54) is 16.2 Å². The summed E-state index contributed by atoms with van der Waals surface area (Å²) in [4.78, 5) is 25.8. The molecule has 0 aliphatic rings. The van der Waals surface area contributed by atoms with Gasteiger partial charge in [0, 0.05) is 22.7 Å². The SMILES string of the molecule is O=C(CCc1cccs1)Nc1ccc(NC(=O)c2cccs2)cc1. The van der Waals surface area contributed by atoms with Crippen LogP contribution in [0.1, 0.15) is 21.0 Å². The molecule has 3 rings (SSSR count). The van der Waals surface area contributed by atoms with E-state index in [2.05, 4.69) is 10.6 Å². The molecular weight excluding hydrogens is 340 g/mol. The van der Waals surface area contributed by atoms with Crippen LogP contribution in [0.25, 0.3) is 0 Å². The summed E-state index contributed by atoms with van der Waals surface area (Å²) >= 11 is 3.06. The average molecular weight is 356 g/mol. The summed E-state index contributed by atoms with van der Waals surface area (Å²) in [6.07, 6.45) is 1.20. The number of benzene rings is 1. The molecule has 0 atom stereocenters. The molecule has 0 aliphatic carbocycles. The van der Waals surface area contributed by atoms with Crippen LogP contribution >= 0.6 is 22.7 Å². The van der Waals surface area contributed by atoms with Gasteiger partial charge in [0.05, 0.1) is 4.88 Å². The number of carbonyl (C=O) groups is 2. The van der Waals surface area contributed by atoms with Gasteiger partial charge >= 0.3 is 0 Å². The van der Waals surface area contributed by atoms with Gasteiger partial charge in [-0.15, -0.1) is 22.7 Å². The summed E-state index contributed by atoms with van der Waals surface area (Å²) in [7, 11) is 0. The Morgan fingerprint density at radius 2 is 1.50 bits per heavy atom. The fraction of sp³-hybridized carbons (Fsp3) is 0.111. The molecule has 0 unspecified atom stereocenters. The minimum atomic E-state index is -0.127. The number of amides is 2. The molecule has 3 aromatic rings. The standard InChI is InChI=1S/C18H16N2O2S2/c21-17(10-9-15-3-1-11-23-15)19-13-5-7-14(8-6-13)20-18(22)16-4-2-12-24-16/h1-8,11-12H,9-10H2,(H,19,21)(H,20,22).